The molecule has 0 radical (unpaired) electrons. The van der Waals surface area contributed by atoms with Gasteiger partial charge in [-0.3, -0.25) is 14.9 Å². The van der Waals surface area contributed by atoms with E-state index >= 15 is 0 Å². The van der Waals surface area contributed by atoms with E-state index < -0.39 is 11.7 Å². The third-order valence-corrected chi connectivity index (χ3v) is 3.72. The summed E-state index contributed by atoms with van der Waals surface area (Å²) < 4.78 is 5.05. The van der Waals surface area contributed by atoms with Crippen molar-refractivity contribution in [1.29, 1.82) is 0 Å². The Morgan fingerprint density at radius 2 is 1.59 bits per heavy atom. The van der Waals surface area contributed by atoms with Gasteiger partial charge in [0.15, 0.2) is 5.82 Å². The second-order valence-electron chi connectivity index (χ2n) is 5.75. The standard InChI is InChI=1S/C20H17N3O4/c24-17(11-14-7-3-1-4-8-14)18-21-12-16(19(25)23-18)22-20(26)27-13-15-9-5-2-6-10-15/h1-10,12H,11,13H2,(H,22,26)(H,21,23,25). The van der Waals surface area contributed by atoms with Crippen molar-refractivity contribution in [3.8, 4) is 0 Å². The number of rotatable bonds is 6. The summed E-state index contributed by atoms with van der Waals surface area (Å²) in [4.78, 5) is 42.4. The number of benzene rings is 2. The molecule has 7 nitrogen and oxygen atoms in total. The van der Waals surface area contributed by atoms with Crippen LogP contribution in [0.3, 0.4) is 0 Å². The van der Waals surface area contributed by atoms with Gasteiger partial charge in [0.2, 0.25) is 5.78 Å². The van der Waals surface area contributed by atoms with Gasteiger partial charge in [0.1, 0.15) is 12.3 Å². The van der Waals surface area contributed by atoms with Gasteiger partial charge in [0.05, 0.1) is 6.20 Å². The molecule has 1 heterocycles. The van der Waals surface area contributed by atoms with Gasteiger partial charge < -0.3 is 9.72 Å². The van der Waals surface area contributed by atoms with Crippen molar-refractivity contribution < 1.29 is 14.3 Å². The zero-order valence-corrected chi connectivity index (χ0v) is 14.3. The highest BCUT2D eigenvalue weighted by Crippen LogP contribution is 2.06. The zero-order chi connectivity index (χ0) is 19.1. The molecule has 1 amide bonds. The van der Waals surface area contributed by atoms with Gasteiger partial charge in [-0.2, -0.15) is 0 Å². The van der Waals surface area contributed by atoms with Crippen LogP contribution in [0.2, 0.25) is 0 Å². The van der Waals surface area contributed by atoms with Crippen LogP contribution in [0.4, 0.5) is 10.5 Å². The summed E-state index contributed by atoms with van der Waals surface area (Å²) in [6, 6.07) is 18.3. The van der Waals surface area contributed by atoms with Crippen molar-refractivity contribution in [2.45, 2.75) is 13.0 Å². The highest BCUT2D eigenvalue weighted by molar-refractivity contribution is 5.94. The summed E-state index contributed by atoms with van der Waals surface area (Å²) in [5.41, 5.74) is 0.917. The molecule has 0 fully saturated rings. The fraction of sp³-hybridized carbons (Fsp3) is 0.100. The van der Waals surface area contributed by atoms with Gasteiger partial charge in [0.25, 0.3) is 5.56 Å². The number of nitrogens with one attached hydrogen (secondary N) is 2. The minimum atomic E-state index is -0.783. The maximum absolute atomic E-state index is 12.2. The first-order valence-corrected chi connectivity index (χ1v) is 8.26. The summed E-state index contributed by atoms with van der Waals surface area (Å²) in [7, 11) is 0. The molecule has 2 aromatic carbocycles. The van der Waals surface area contributed by atoms with Gasteiger partial charge in [-0.05, 0) is 11.1 Å². The van der Waals surface area contributed by atoms with E-state index in [4.69, 9.17) is 4.74 Å². The predicted octanol–water partition coefficient (Wildman–Crippen LogP) is 2.94. The number of hydrogen-bond acceptors (Lipinski definition) is 5. The summed E-state index contributed by atoms with van der Waals surface area (Å²) in [6.07, 6.45) is 0.478. The predicted molar refractivity (Wildman–Crippen MR) is 99.6 cm³/mol. The second kappa shape index (κ2) is 8.57. The van der Waals surface area contributed by atoms with E-state index in [1.807, 2.05) is 60.7 Å². The lowest BCUT2D eigenvalue weighted by Crippen LogP contribution is -2.23. The first kappa shape index (κ1) is 18.1. The van der Waals surface area contributed by atoms with E-state index in [2.05, 4.69) is 15.3 Å². The number of aromatic amines is 1. The Balaban J connectivity index is 1.60. The van der Waals surface area contributed by atoms with Crippen molar-refractivity contribution in [3.05, 3.63) is 94.2 Å². The van der Waals surface area contributed by atoms with Gasteiger partial charge in [-0.1, -0.05) is 60.7 Å². The normalized spacial score (nSPS) is 10.2. The van der Waals surface area contributed by atoms with E-state index in [0.29, 0.717) is 0 Å². The molecular formula is C20H17N3O4. The number of amides is 1. The molecule has 0 aliphatic rings. The molecule has 27 heavy (non-hydrogen) atoms. The zero-order valence-electron chi connectivity index (χ0n) is 14.3. The second-order valence-corrected chi connectivity index (χ2v) is 5.75. The third kappa shape index (κ3) is 5.12. The molecule has 0 aliphatic heterocycles. The summed E-state index contributed by atoms with van der Waals surface area (Å²) in [5, 5.41) is 2.32. The molecular weight excluding hydrogens is 346 g/mol. The number of aromatic nitrogens is 2. The number of hydrogen-bond donors (Lipinski definition) is 2. The van der Waals surface area contributed by atoms with Crippen molar-refractivity contribution in [2.24, 2.45) is 0 Å². The van der Waals surface area contributed by atoms with E-state index in [1.165, 1.54) is 0 Å². The number of nitrogens with zero attached hydrogens (tertiary/aromatic N) is 1. The van der Waals surface area contributed by atoms with E-state index in [0.717, 1.165) is 17.3 Å². The maximum atomic E-state index is 12.2. The van der Waals surface area contributed by atoms with Crippen LogP contribution in [-0.2, 0) is 17.8 Å². The highest BCUT2D eigenvalue weighted by Gasteiger charge is 2.13. The Morgan fingerprint density at radius 1 is 0.963 bits per heavy atom. The van der Waals surface area contributed by atoms with E-state index in [9.17, 15) is 14.4 Å². The van der Waals surface area contributed by atoms with Gasteiger partial charge >= 0.3 is 6.09 Å². The van der Waals surface area contributed by atoms with Crippen LogP contribution in [0.1, 0.15) is 21.7 Å². The van der Waals surface area contributed by atoms with Crippen LogP contribution < -0.4 is 10.9 Å². The molecule has 0 saturated carbocycles. The van der Waals surface area contributed by atoms with Crippen molar-refractivity contribution in [1.82, 2.24) is 9.97 Å². The van der Waals surface area contributed by atoms with Crippen molar-refractivity contribution in [2.75, 3.05) is 5.32 Å². The number of carbonyl (C=O) groups is 2. The summed E-state index contributed by atoms with van der Waals surface area (Å²) in [6.45, 7) is 0.0751. The van der Waals surface area contributed by atoms with Crippen molar-refractivity contribution in [3.63, 3.8) is 0 Å². The fourth-order valence-electron chi connectivity index (χ4n) is 2.36. The fourth-order valence-corrected chi connectivity index (χ4v) is 2.36. The summed E-state index contributed by atoms with van der Waals surface area (Å²) in [5.74, 6) is -0.386. The summed E-state index contributed by atoms with van der Waals surface area (Å²) >= 11 is 0. The van der Waals surface area contributed by atoms with Gasteiger partial charge in [0, 0.05) is 6.42 Å². The number of ether oxygens (including phenoxy) is 1. The third-order valence-electron chi connectivity index (χ3n) is 3.72. The van der Waals surface area contributed by atoms with Crippen LogP contribution in [-0.4, -0.2) is 21.8 Å². The molecule has 0 spiro atoms. The molecule has 0 unspecified atom stereocenters. The van der Waals surface area contributed by atoms with Crippen LogP contribution in [0, 0.1) is 0 Å². The van der Waals surface area contributed by atoms with E-state index in [-0.39, 0.29) is 30.3 Å². The highest BCUT2D eigenvalue weighted by atomic mass is 16.5. The monoisotopic (exact) mass is 363 g/mol. The number of Topliss-reactive ketones (excluding diaryl/α,β-unsaturated/α-hetero) is 1. The Hall–Kier alpha value is -3.74. The molecule has 0 saturated heterocycles. The van der Waals surface area contributed by atoms with Gasteiger partial charge in [-0.15, -0.1) is 0 Å². The van der Waals surface area contributed by atoms with E-state index in [1.54, 1.807) is 0 Å². The molecule has 2 N–H and O–H groups in total. The van der Waals surface area contributed by atoms with Crippen LogP contribution in [0.5, 0.6) is 0 Å². The average molecular weight is 363 g/mol. The lowest BCUT2D eigenvalue weighted by atomic mass is 10.1. The largest absolute Gasteiger partial charge is 0.444 e. The molecule has 0 aliphatic carbocycles. The molecule has 3 aromatic rings. The van der Waals surface area contributed by atoms with Crippen LogP contribution in [0.25, 0.3) is 0 Å². The first-order valence-electron chi connectivity index (χ1n) is 8.26. The lowest BCUT2D eigenvalue weighted by Gasteiger charge is -2.07. The minimum absolute atomic E-state index is 0.0629. The quantitative estimate of drug-likeness (QED) is 0.656. The number of H-pyrrole nitrogens is 1. The lowest BCUT2D eigenvalue weighted by molar-refractivity contribution is 0.0982. The van der Waals surface area contributed by atoms with Crippen LogP contribution in [0.15, 0.2) is 71.7 Å². The average Bonchev–Trinajstić information content (AvgIpc) is 2.69. The Morgan fingerprint density at radius 3 is 2.22 bits per heavy atom. The van der Waals surface area contributed by atoms with Crippen LogP contribution >= 0.6 is 0 Å². The molecule has 3 rings (SSSR count). The molecule has 1 aromatic heterocycles. The number of anilines is 1. The Kier molecular flexibility index (Phi) is 5.73. The number of ketones is 1. The Bertz CT molecular complexity index is 985. The number of carbonyl (C=O) groups excluding carboxylic acids is 2. The molecule has 136 valence electrons. The molecule has 0 bridgehead atoms. The topological polar surface area (TPSA) is 101 Å². The smallest absolute Gasteiger partial charge is 0.412 e. The maximum Gasteiger partial charge on any atom is 0.412 e. The molecule has 7 heteroatoms. The van der Waals surface area contributed by atoms with Crippen molar-refractivity contribution >= 4 is 17.6 Å². The van der Waals surface area contributed by atoms with Gasteiger partial charge in [-0.25, -0.2) is 9.78 Å². The SMILES string of the molecule is O=C(Nc1cnc(C(=O)Cc2ccccc2)[nH]c1=O)OCc1ccccc1. The Labute approximate surface area is 155 Å². The minimum Gasteiger partial charge on any atom is -0.444 e. The first-order chi connectivity index (χ1) is 13.1. The molecule has 0 atom stereocenters.